The minimum absolute atomic E-state index is 0.0557. The van der Waals surface area contributed by atoms with Gasteiger partial charge in [-0.3, -0.25) is 0 Å². The third-order valence-electron chi connectivity index (χ3n) is 6.24. The van der Waals surface area contributed by atoms with Crippen LogP contribution in [0.4, 0.5) is 39.5 Å². The van der Waals surface area contributed by atoms with Gasteiger partial charge in [0, 0.05) is 36.9 Å². The number of carboxylic acids is 1. The van der Waals surface area contributed by atoms with E-state index in [1.807, 2.05) is 0 Å². The first kappa shape index (κ1) is 37.2. The average Bonchev–Trinajstić information content (AvgIpc) is 3.63. The van der Waals surface area contributed by atoms with Gasteiger partial charge in [-0.2, -0.15) is 39.5 Å². The van der Waals surface area contributed by atoms with E-state index in [4.69, 9.17) is 9.84 Å². The number of hydrogen-bond acceptors (Lipinski definition) is 3. The number of alkyl halides is 9. The van der Waals surface area contributed by atoms with Crippen LogP contribution < -0.4 is 0 Å². The quantitative estimate of drug-likeness (QED) is 0.119. The van der Waals surface area contributed by atoms with Crippen LogP contribution >= 0.6 is 0 Å². The number of aromatic nitrogens is 2. The van der Waals surface area contributed by atoms with E-state index in [-0.39, 0.29) is 23.4 Å². The minimum Gasteiger partial charge on any atom is -0.478 e. The first-order valence-electron chi connectivity index (χ1n) is 13.8. The monoisotopic (exact) mass is 686 g/mol. The highest BCUT2D eigenvalue weighted by Crippen LogP contribution is 2.39. The molecular formula is C33H27F9N2O4. The molecule has 0 radical (unpaired) electrons. The maximum atomic E-state index is 13.0. The molecule has 2 heterocycles. The van der Waals surface area contributed by atoms with Crippen LogP contribution in [0.3, 0.4) is 0 Å². The van der Waals surface area contributed by atoms with E-state index in [0.29, 0.717) is 29.0 Å². The van der Waals surface area contributed by atoms with Gasteiger partial charge in [-0.25, -0.2) is 9.59 Å². The Hall–Kier alpha value is -5.21. The molecular weight excluding hydrogens is 659 g/mol. The van der Waals surface area contributed by atoms with Crippen molar-refractivity contribution in [2.24, 2.45) is 0 Å². The number of ether oxygens (including phenoxy) is 1. The van der Waals surface area contributed by atoms with Crippen LogP contribution in [-0.4, -0.2) is 32.3 Å². The molecule has 0 spiro atoms. The summed E-state index contributed by atoms with van der Waals surface area (Å²) in [7, 11) is 0. The third kappa shape index (κ3) is 10.4. The van der Waals surface area contributed by atoms with Crippen molar-refractivity contribution in [1.29, 1.82) is 0 Å². The number of rotatable bonds is 7. The molecule has 4 aromatic rings. The maximum Gasteiger partial charge on any atom is 0.416 e. The van der Waals surface area contributed by atoms with Crippen LogP contribution in [0, 0.1) is 6.92 Å². The number of benzene rings is 2. The fourth-order valence-corrected chi connectivity index (χ4v) is 4.29. The Morgan fingerprint density at radius 3 is 1.52 bits per heavy atom. The molecule has 0 aliphatic carbocycles. The molecule has 0 atom stereocenters. The summed E-state index contributed by atoms with van der Waals surface area (Å²) in [6.07, 6.45) is -7.27. The number of esters is 1. The fourth-order valence-electron chi connectivity index (χ4n) is 4.29. The number of nitrogens with zero attached hydrogens (tertiary/aromatic N) is 2. The molecule has 0 unspecified atom stereocenters. The van der Waals surface area contributed by atoms with Crippen LogP contribution in [0.2, 0.25) is 0 Å². The van der Waals surface area contributed by atoms with Crippen molar-refractivity contribution in [3.63, 3.8) is 0 Å². The zero-order valence-electron chi connectivity index (χ0n) is 25.3. The molecule has 15 heteroatoms. The summed E-state index contributed by atoms with van der Waals surface area (Å²) in [6, 6.07) is 11.1. The van der Waals surface area contributed by atoms with Gasteiger partial charge in [0.15, 0.2) is 0 Å². The van der Waals surface area contributed by atoms with Crippen LogP contribution in [0.15, 0.2) is 85.2 Å². The molecule has 0 aliphatic heterocycles. The van der Waals surface area contributed by atoms with Gasteiger partial charge in [0.1, 0.15) is 0 Å². The van der Waals surface area contributed by atoms with E-state index < -0.39 is 47.2 Å². The number of carboxylic acid groups (broad SMARTS) is 1. The number of aliphatic carboxylic acids is 1. The van der Waals surface area contributed by atoms with Crippen LogP contribution in [-0.2, 0) is 32.9 Å². The van der Waals surface area contributed by atoms with Gasteiger partial charge in [-0.15, -0.1) is 0 Å². The van der Waals surface area contributed by atoms with E-state index >= 15 is 0 Å². The Kier molecular flexibility index (Phi) is 11.4. The first-order valence-corrected chi connectivity index (χ1v) is 13.8. The lowest BCUT2D eigenvalue weighted by Gasteiger charge is -2.15. The standard InChI is InChI=1S/C18H15F6NO2.C15H12F3NO2/c1-11(2)27-16(26)5-7-25-6-3-4-15(25)12-8-13(17(19,20)21)10-14(9-12)18(22,23)24;1-10-7-11(9-12(8-10)15(16,17)18)13-3-2-5-19(13)6-4-14(20)21/h3-11H,1-2H3;2-9H,1H3,(H,20,21)/b7-5-;6-4-. The van der Waals surface area contributed by atoms with Crippen molar-refractivity contribution in [3.05, 3.63) is 107 Å². The van der Waals surface area contributed by atoms with E-state index in [9.17, 15) is 49.1 Å². The molecule has 0 saturated heterocycles. The van der Waals surface area contributed by atoms with Gasteiger partial charge in [-0.1, -0.05) is 0 Å². The highest BCUT2D eigenvalue weighted by molar-refractivity contribution is 5.85. The van der Waals surface area contributed by atoms with Gasteiger partial charge >= 0.3 is 30.5 Å². The Balaban J connectivity index is 0.000000269. The maximum absolute atomic E-state index is 13.0. The Labute approximate surface area is 268 Å². The molecule has 0 amide bonds. The summed E-state index contributed by atoms with van der Waals surface area (Å²) >= 11 is 0. The van der Waals surface area contributed by atoms with E-state index in [2.05, 4.69) is 0 Å². The van der Waals surface area contributed by atoms with Crippen molar-refractivity contribution in [2.75, 3.05) is 0 Å². The van der Waals surface area contributed by atoms with Crippen molar-refractivity contribution >= 4 is 24.3 Å². The molecule has 0 bridgehead atoms. The Morgan fingerprint density at radius 2 is 1.10 bits per heavy atom. The topological polar surface area (TPSA) is 73.5 Å². The fraction of sp³-hybridized carbons (Fsp3) is 0.212. The molecule has 4 rings (SSSR count). The molecule has 0 fully saturated rings. The van der Waals surface area contributed by atoms with Crippen molar-refractivity contribution < 1.29 is 58.9 Å². The number of carbonyl (C=O) groups excluding carboxylic acids is 1. The number of hydrogen-bond donors (Lipinski definition) is 1. The zero-order valence-corrected chi connectivity index (χ0v) is 25.3. The lowest BCUT2D eigenvalue weighted by atomic mass is 10.0. The third-order valence-corrected chi connectivity index (χ3v) is 6.24. The predicted octanol–water partition coefficient (Wildman–Crippen LogP) is 9.65. The zero-order chi connectivity index (χ0) is 36.0. The van der Waals surface area contributed by atoms with Crippen molar-refractivity contribution in [3.8, 4) is 22.5 Å². The number of aryl methyl sites for hydroxylation is 1. The Bertz CT molecular complexity index is 1780. The molecule has 48 heavy (non-hydrogen) atoms. The molecule has 6 nitrogen and oxygen atoms in total. The average molecular weight is 687 g/mol. The first-order chi connectivity index (χ1) is 22.1. The summed E-state index contributed by atoms with van der Waals surface area (Å²) in [5.74, 6) is -1.82. The van der Waals surface area contributed by atoms with Gasteiger partial charge in [0.25, 0.3) is 0 Å². The molecule has 1 N–H and O–H groups in total. The summed E-state index contributed by atoms with van der Waals surface area (Å²) in [4.78, 5) is 22.1. The highest BCUT2D eigenvalue weighted by Gasteiger charge is 2.37. The van der Waals surface area contributed by atoms with Gasteiger partial charge in [0.2, 0.25) is 0 Å². The number of halogens is 9. The predicted molar refractivity (Wildman–Crippen MR) is 159 cm³/mol. The molecule has 0 saturated carbocycles. The summed E-state index contributed by atoms with van der Waals surface area (Å²) in [5, 5.41) is 8.62. The summed E-state index contributed by atoms with van der Waals surface area (Å²) in [5.41, 5.74) is -2.44. The van der Waals surface area contributed by atoms with Gasteiger partial charge < -0.3 is 19.0 Å². The molecule has 256 valence electrons. The van der Waals surface area contributed by atoms with Crippen LogP contribution in [0.1, 0.15) is 36.1 Å². The lowest BCUT2D eigenvalue weighted by Crippen LogP contribution is -2.11. The second kappa shape index (κ2) is 14.7. The van der Waals surface area contributed by atoms with Gasteiger partial charge in [0.05, 0.1) is 34.2 Å². The second-order valence-electron chi connectivity index (χ2n) is 10.4. The lowest BCUT2D eigenvalue weighted by molar-refractivity contribution is -0.143. The van der Waals surface area contributed by atoms with E-state index in [1.165, 1.54) is 39.9 Å². The minimum atomic E-state index is -4.94. The van der Waals surface area contributed by atoms with Crippen LogP contribution in [0.25, 0.3) is 34.9 Å². The normalized spacial score (nSPS) is 12.4. The van der Waals surface area contributed by atoms with Crippen LogP contribution in [0.5, 0.6) is 0 Å². The van der Waals surface area contributed by atoms with Gasteiger partial charge in [-0.05, 0) is 98.1 Å². The smallest absolute Gasteiger partial charge is 0.416 e. The SMILES string of the molecule is CC(C)OC(=O)/C=C\n1cccc1-c1cc(C(F)(F)F)cc(C(F)(F)F)c1.Cc1cc(-c2cccn2/C=C\C(=O)O)cc(C(F)(F)F)c1. The van der Waals surface area contributed by atoms with E-state index in [0.717, 1.165) is 24.3 Å². The highest BCUT2D eigenvalue weighted by atomic mass is 19.4. The number of carbonyl (C=O) groups is 2. The largest absolute Gasteiger partial charge is 0.478 e. The Morgan fingerprint density at radius 1 is 0.688 bits per heavy atom. The molecule has 0 aliphatic rings. The second-order valence-corrected chi connectivity index (χ2v) is 10.4. The molecule has 2 aromatic carbocycles. The van der Waals surface area contributed by atoms with E-state index in [1.54, 1.807) is 45.2 Å². The molecule has 2 aromatic heterocycles. The van der Waals surface area contributed by atoms with Crippen molar-refractivity contribution in [1.82, 2.24) is 9.13 Å². The van der Waals surface area contributed by atoms with Crippen molar-refractivity contribution in [2.45, 2.75) is 45.4 Å². The summed E-state index contributed by atoms with van der Waals surface area (Å²) < 4.78 is 124. The summed E-state index contributed by atoms with van der Waals surface area (Å²) in [6.45, 7) is 4.85.